The maximum Gasteiger partial charge on any atom is 0.141 e. The zero-order chi connectivity index (χ0) is 13.5. The first-order chi connectivity index (χ1) is 9.83. The van der Waals surface area contributed by atoms with Crippen LogP contribution in [0.5, 0.6) is 0 Å². The van der Waals surface area contributed by atoms with E-state index in [-0.39, 0.29) is 6.10 Å². The summed E-state index contributed by atoms with van der Waals surface area (Å²) in [6.07, 6.45) is 9.46. The summed E-state index contributed by atoms with van der Waals surface area (Å²) in [6.45, 7) is 0. The van der Waals surface area contributed by atoms with Gasteiger partial charge in [-0.2, -0.15) is 5.10 Å². The number of hydrogen-bond donors (Lipinski definition) is 2. The molecule has 6 nitrogen and oxygen atoms in total. The van der Waals surface area contributed by atoms with Gasteiger partial charge in [0.1, 0.15) is 18.0 Å². The summed E-state index contributed by atoms with van der Waals surface area (Å²) in [7, 11) is 0. The lowest BCUT2D eigenvalue weighted by Gasteiger charge is -2.12. The Kier molecular flexibility index (Phi) is 2.56. The molecule has 2 N–H and O–H groups in total. The fourth-order valence-corrected chi connectivity index (χ4v) is 2.78. The number of aliphatic hydroxyl groups excluding tert-OH is 1. The highest BCUT2D eigenvalue weighted by Gasteiger charge is 2.28. The fourth-order valence-electron chi connectivity index (χ4n) is 2.78. The van der Waals surface area contributed by atoms with Crippen molar-refractivity contribution in [2.24, 2.45) is 0 Å². The maximum atomic E-state index is 9.93. The molecular formula is C14H14N5O. The Bertz CT molecular complexity index is 747. The smallest absolute Gasteiger partial charge is 0.141 e. The topological polar surface area (TPSA) is 79.6 Å². The Hall–Kier alpha value is -2.21. The van der Waals surface area contributed by atoms with Gasteiger partial charge in [-0.1, -0.05) is 0 Å². The Labute approximate surface area is 115 Å². The predicted molar refractivity (Wildman–Crippen MR) is 73.6 cm³/mol. The minimum absolute atomic E-state index is 0.375. The van der Waals surface area contributed by atoms with Crippen LogP contribution in [0.3, 0.4) is 0 Å². The van der Waals surface area contributed by atoms with Gasteiger partial charge in [0, 0.05) is 23.3 Å². The van der Waals surface area contributed by atoms with Crippen molar-refractivity contribution >= 4 is 11.0 Å². The van der Waals surface area contributed by atoms with Gasteiger partial charge >= 0.3 is 0 Å². The van der Waals surface area contributed by atoms with Crippen LogP contribution in [0.2, 0.25) is 0 Å². The molecule has 4 rings (SSSR count). The van der Waals surface area contributed by atoms with Crippen LogP contribution in [0.4, 0.5) is 0 Å². The average molecular weight is 268 g/mol. The second-order valence-corrected chi connectivity index (χ2v) is 5.04. The lowest BCUT2D eigenvalue weighted by Crippen LogP contribution is -2.19. The first kappa shape index (κ1) is 11.6. The zero-order valence-corrected chi connectivity index (χ0v) is 10.8. The number of nitrogens with zero attached hydrogens (tertiary/aromatic N) is 4. The largest absolute Gasteiger partial charge is 0.390 e. The standard InChI is InChI=1S/C14H14N5O/c20-12-3-1-2-11(12)19-7-9(6-18-19)13-10-4-5-15-14(10)17-8-16-13/h4-8,12,20H,1-3H2,(H,15,16,17). The van der Waals surface area contributed by atoms with Crippen molar-refractivity contribution in [3.63, 3.8) is 0 Å². The van der Waals surface area contributed by atoms with Gasteiger partial charge in [0.25, 0.3) is 0 Å². The van der Waals surface area contributed by atoms with E-state index in [1.807, 2.05) is 18.5 Å². The van der Waals surface area contributed by atoms with Crippen LogP contribution < -0.4 is 0 Å². The van der Waals surface area contributed by atoms with Gasteiger partial charge < -0.3 is 10.1 Å². The quantitative estimate of drug-likeness (QED) is 0.742. The number of nitrogens with one attached hydrogen (secondary N) is 1. The van der Waals surface area contributed by atoms with Crippen LogP contribution >= 0.6 is 0 Å². The second kappa shape index (κ2) is 4.42. The first-order valence-corrected chi connectivity index (χ1v) is 6.70. The van der Waals surface area contributed by atoms with Crippen LogP contribution in [0.25, 0.3) is 22.3 Å². The number of hydrogen-bond acceptors (Lipinski definition) is 4. The molecule has 0 aromatic carbocycles. The minimum atomic E-state index is -0.375. The van der Waals surface area contributed by atoms with Crippen LogP contribution in [0.15, 0.2) is 31.0 Å². The number of fused-ring (bicyclic) bond motifs is 1. The van der Waals surface area contributed by atoms with E-state index in [1.165, 1.54) is 0 Å². The summed E-state index contributed by atoms with van der Waals surface area (Å²) >= 11 is 0. The van der Waals surface area contributed by atoms with E-state index >= 15 is 0 Å². The Morgan fingerprint density at radius 2 is 2.30 bits per heavy atom. The van der Waals surface area contributed by atoms with Gasteiger partial charge in [0.05, 0.1) is 18.0 Å². The summed E-state index contributed by atoms with van der Waals surface area (Å²) in [4.78, 5) is 11.6. The summed E-state index contributed by atoms with van der Waals surface area (Å²) in [5.41, 5.74) is 2.61. The van der Waals surface area contributed by atoms with Crippen LogP contribution in [0, 0.1) is 6.04 Å². The molecule has 1 radical (unpaired) electrons. The summed E-state index contributed by atoms with van der Waals surface area (Å²) in [5, 5.41) is 15.3. The summed E-state index contributed by atoms with van der Waals surface area (Å²) in [6, 6.07) is 2.93. The molecule has 0 saturated heterocycles. The normalized spacial score (nSPS) is 19.9. The highest BCUT2D eigenvalue weighted by molar-refractivity contribution is 5.89. The molecule has 20 heavy (non-hydrogen) atoms. The number of aromatic amines is 1. The van der Waals surface area contributed by atoms with E-state index in [0.717, 1.165) is 47.6 Å². The van der Waals surface area contributed by atoms with Gasteiger partial charge in [-0.3, -0.25) is 4.68 Å². The predicted octanol–water partition coefficient (Wildman–Crippen LogP) is 1.75. The number of rotatable bonds is 2. The Morgan fingerprint density at radius 3 is 3.15 bits per heavy atom. The van der Waals surface area contributed by atoms with Crippen LogP contribution in [-0.2, 0) is 0 Å². The van der Waals surface area contributed by atoms with Crippen molar-refractivity contribution < 1.29 is 5.11 Å². The Morgan fingerprint density at radius 1 is 1.35 bits per heavy atom. The third-order valence-electron chi connectivity index (χ3n) is 3.80. The molecule has 1 atom stereocenters. The van der Waals surface area contributed by atoms with E-state index in [9.17, 15) is 5.11 Å². The van der Waals surface area contributed by atoms with Gasteiger partial charge in [-0.25, -0.2) is 9.97 Å². The third kappa shape index (κ3) is 1.72. The maximum absolute atomic E-state index is 9.93. The molecule has 3 aromatic rings. The van der Waals surface area contributed by atoms with E-state index in [4.69, 9.17) is 0 Å². The van der Waals surface area contributed by atoms with Crippen molar-refractivity contribution in [2.45, 2.75) is 25.4 Å². The molecule has 1 saturated carbocycles. The monoisotopic (exact) mass is 268 g/mol. The lowest BCUT2D eigenvalue weighted by molar-refractivity contribution is 0.185. The first-order valence-electron chi connectivity index (χ1n) is 6.70. The molecule has 0 aliphatic heterocycles. The molecule has 6 heteroatoms. The van der Waals surface area contributed by atoms with E-state index in [1.54, 1.807) is 17.2 Å². The zero-order valence-electron chi connectivity index (χ0n) is 10.8. The van der Waals surface area contributed by atoms with E-state index in [0.29, 0.717) is 0 Å². The molecule has 1 aliphatic carbocycles. The van der Waals surface area contributed by atoms with Gasteiger partial charge in [0.15, 0.2) is 0 Å². The summed E-state index contributed by atoms with van der Waals surface area (Å²) < 4.78 is 1.79. The van der Waals surface area contributed by atoms with Crippen molar-refractivity contribution in [1.29, 1.82) is 0 Å². The average Bonchev–Trinajstić information content (AvgIpc) is 3.17. The molecule has 1 fully saturated rings. The molecule has 0 spiro atoms. The third-order valence-corrected chi connectivity index (χ3v) is 3.80. The Balaban J connectivity index is 1.76. The van der Waals surface area contributed by atoms with E-state index < -0.39 is 0 Å². The number of aliphatic hydroxyl groups is 1. The highest BCUT2D eigenvalue weighted by atomic mass is 16.3. The molecule has 0 bridgehead atoms. The number of aromatic nitrogens is 5. The SMILES string of the molecule is OC1CCC[C]1n1cc(-c2ncnc3[nH]ccc23)cn1. The minimum Gasteiger partial charge on any atom is -0.390 e. The van der Waals surface area contributed by atoms with Crippen molar-refractivity contribution in [1.82, 2.24) is 24.7 Å². The van der Waals surface area contributed by atoms with Gasteiger partial charge in [-0.05, 0) is 25.3 Å². The van der Waals surface area contributed by atoms with Crippen LogP contribution in [0.1, 0.15) is 19.3 Å². The van der Waals surface area contributed by atoms with Crippen molar-refractivity contribution in [2.75, 3.05) is 0 Å². The number of H-pyrrole nitrogens is 1. The highest BCUT2D eigenvalue weighted by Crippen LogP contribution is 2.31. The molecular weight excluding hydrogens is 254 g/mol. The molecule has 3 aromatic heterocycles. The molecule has 1 unspecified atom stereocenters. The van der Waals surface area contributed by atoms with Crippen molar-refractivity contribution in [3.8, 4) is 11.3 Å². The van der Waals surface area contributed by atoms with Gasteiger partial charge in [0.2, 0.25) is 0 Å². The lowest BCUT2D eigenvalue weighted by atomic mass is 10.2. The molecule has 1 aliphatic rings. The molecule has 101 valence electrons. The molecule has 3 heterocycles. The van der Waals surface area contributed by atoms with Gasteiger partial charge in [-0.15, -0.1) is 0 Å². The van der Waals surface area contributed by atoms with Crippen LogP contribution in [-0.4, -0.2) is 35.9 Å². The molecule has 0 amide bonds. The fraction of sp³-hybridized carbons (Fsp3) is 0.286. The van der Waals surface area contributed by atoms with Crippen molar-refractivity contribution in [3.05, 3.63) is 37.0 Å². The summed E-state index contributed by atoms with van der Waals surface area (Å²) in [5.74, 6) is 0. The van der Waals surface area contributed by atoms with E-state index in [2.05, 4.69) is 20.1 Å². The second-order valence-electron chi connectivity index (χ2n) is 5.04.